The molecule has 1 saturated carbocycles. The molecule has 0 bridgehead atoms. The number of aromatic nitrogens is 1. The first-order valence-electron chi connectivity index (χ1n) is 7.26. The maximum Gasteiger partial charge on any atom is 0.213 e. The summed E-state index contributed by atoms with van der Waals surface area (Å²) in [6.45, 7) is 3.48. The van der Waals surface area contributed by atoms with Crippen LogP contribution in [0.15, 0.2) is 18.3 Å². The summed E-state index contributed by atoms with van der Waals surface area (Å²) in [5, 5.41) is 3.48. The molecule has 112 valence electrons. The van der Waals surface area contributed by atoms with Gasteiger partial charge in [-0.2, -0.15) is 0 Å². The van der Waals surface area contributed by atoms with Crippen LogP contribution in [0.1, 0.15) is 24.8 Å². The Labute approximate surface area is 120 Å². The number of nitrogens with one attached hydrogen (secondary N) is 1. The topological polar surface area (TPSA) is 52.6 Å². The van der Waals surface area contributed by atoms with Crippen LogP contribution in [0.5, 0.6) is 5.88 Å². The molecule has 0 saturated heterocycles. The highest BCUT2D eigenvalue weighted by molar-refractivity contribution is 5.20. The number of hydrogen-bond donors (Lipinski definition) is 1. The van der Waals surface area contributed by atoms with Gasteiger partial charge in [-0.1, -0.05) is 0 Å². The average Bonchev–Trinajstić information content (AvgIpc) is 3.29. The van der Waals surface area contributed by atoms with Crippen molar-refractivity contribution in [3.8, 4) is 5.88 Å². The SMILES string of the molecule is COCCOCCCOc1cc(CNC2CC2)ccn1. The van der Waals surface area contributed by atoms with Crippen molar-refractivity contribution < 1.29 is 14.2 Å². The van der Waals surface area contributed by atoms with E-state index in [1.807, 2.05) is 12.1 Å². The summed E-state index contributed by atoms with van der Waals surface area (Å²) >= 11 is 0. The van der Waals surface area contributed by atoms with E-state index in [4.69, 9.17) is 14.2 Å². The molecular formula is C15H24N2O3. The van der Waals surface area contributed by atoms with Crippen LogP contribution in [0.25, 0.3) is 0 Å². The summed E-state index contributed by atoms with van der Waals surface area (Å²) in [6, 6.07) is 4.74. The van der Waals surface area contributed by atoms with E-state index in [1.54, 1.807) is 13.3 Å². The highest BCUT2D eigenvalue weighted by atomic mass is 16.5. The minimum Gasteiger partial charge on any atom is -0.478 e. The number of ether oxygens (including phenoxy) is 3. The van der Waals surface area contributed by atoms with Crippen molar-refractivity contribution in [1.82, 2.24) is 10.3 Å². The zero-order valence-corrected chi connectivity index (χ0v) is 12.1. The Morgan fingerprint density at radius 1 is 1.25 bits per heavy atom. The van der Waals surface area contributed by atoms with Crippen molar-refractivity contribution in [2.45, 2.75) is 31.8 Å². The van der Waals surface area contributed by atoms with Gasteiger partial charge in [0.05, 0.1) is 19.8 Å². The van der Waals surface area contributed by atoms with Gasteiger partial charge in [-0.25, -0.2) is 4.98 Å². The second kappa shape index (κ2) is 8.89. The van der Waals surface area contributed by atoms with Gasteiger partial charge in [0.25, 0.3) is 0 Å². The standard InChI is InChI=1S/C15H24N2O3/c1-18-9-10-19-7-2-8-20-15-11-13(5-6-16-15)12-17-14-3-4-14/h5-6,11,14,17H,2-4,7-10,12H2,1H3. The number of hydrogen-bond acceptors (Lipinski definition) is 5. The van der Waals surface area contributed by atoms with Crippen molar-refractivity contribution in [2.75, 3.05) is 33.5 Å². The summed E-state index contributed by atoms with van der Waals surface area (Å²) in [5.41, 5.74) is 1.22. The fourth-order valence-corrected chi connectivity index (χ4v) is 1.77. The van der Waals surface area contributed by atoms with Crippen LogP contribution >= 0.6 is 0 Å². The lowest BCUT2D eigenvalue weighted by Gasteiger charge is -2.08. The summed E-state index contributed by atoms with van der Waals surface area (Å²) in [5.74, 6) is 0.692. The number of methoxy groups -OCH3 is 1. The van der Waals surface area contributed by atoms with Crippen LogP contribution in [0.3, 0.4) is 0 Å². The van der Waals surface area contributed by atoms with E-state index in [0.717, 1.165) is 19.0 Å². The largest absolute Gasteiger partial charge is 0.478 e. The van der Waals surface area contributed by atoms with Gasteiger partial charge >= 0.3 is 0 Å². The molecule has 2 rings (SSSR count). The molecule has 1 aliphatic rings. The van der Waals surface area contributed by atoms with E-state index in [0.29, 0.717) is 32.3 Å². The summed E-state index contributed by atoms with van der Waals surface area (Å²) in [4.78, 5) is 4.22. The molecule has 5 heteroatoms. The molecule has 1 aromatic rings. The molecule has 0 aliphatic heterocycles. The molecule has 20 heavy (non-hydrogen) atoms. The van der Waals surface area contributed by atoms with E-state index in [9.17, 15) is 0 Å². The Balaban J connectivity index is 1.58. The fourth-order valence-electron chi connectivity index (χ4n) is 1.77. The van der Waals surface area contributed by atoms with Crippen molar-refractivity contribution in [1.29, 1.82) is 0 Å². The summed E-state index contributed by atoms with van der Waals surface area (Å²) in [7, 11) is 1.67. The molecule has 1 heterocycles. The van der Waals surface area contributed by atoms with Gasteiger partial charge < -0.3 is 19.5 Å². The Kier molecular flexibility index (Phi) is 6.77. The quantitative estimate of drug-likeness (QED) is 0.626. The van der Waals surface area contributed by atoms with Crippen molar-refractivity contribution in [2.24, 2.45) is 0 Å². The molecule has 0 unspecified atom stereocenters. The molecule has 1 aromatic heterocycles. The second-order valence-electron chi connectivity index (χ2n) is 4.96. The molecule has 0 spiro atoms. The van der Waals surface area contributed by atoms with Crippen molar-refractivity contribution in [3.63, 3.8) is 0 Å². The number of nitrogens with zero attached hydrogens (tertiary/aromatic N) is 1. The van der Waals surface area contributed by atoms with E-state index in [1.165, 1.54) is 18.4 Å². The lowest BCUT2D eigenvalue weighted by Crippen LogP contribution is -2.15. The predicted molar refractivity (Wildman–Crippen MR) is 76.9 cm³/mol. The van der Waals surface area contributed by atoms with Crippen molar-refractivity contribution in [3.05, 3.63) is 23.9 Å². The van der Waals surface area contributed by atoms with E-state index >= 15 is 0 Å². The molecule has 0 amide bonds. The summed E-state index contributed by atoms with van der Waals surface area (Å²) < 4.78 is 15.9. The monoisotopic (exact) mass is 280 g/mol. The maximum absolute atomic E-state index is 5.63. The molecule has 0 aromatic carbocycles. The van der Waals surface area contributed by atoms with Gasteiger partial charge in [-0.3, -0.25) is 0 Å². The average molecular weight is 280 g/mol. The first-order valence-corrected chi connectivity index (χ1v) is 7.26. The van der Waals surface area contributed by atoms with Crippen LogP contribution in [0.4, 0.5) is 0 Å². The first kappa shape index (κ1) is 15.2. The zero-order chi connectivity index (χ0) is 14.0. The third-order valence-electron chi connectivity index (χ3n) is 3.09. The van der Waals surface area contributed by atoms with Crippen LogP contribution in [-0.4, -0.2) is 44.6 Å². The molecule has 0 radical (unpaired) electrons. The molecule has 0 atom stereocenters. The molecule has 1 N–H and O–H groups in total. The number of rotatable bonds is 11. The van der Waals surface area contributed by atoms with Gasteiger partial charge in [0.1, 0.15) is 0 Å². The zero-order valence-electron chi connectivity index (χ0n) is 12.1. The third kappa shape index (κ3) is 6.32. The lowest BCUT2D eigenvalue weighted by atomic mass is 10.2. The highest BCUT2D eigenvalue weighted by Gasteiger charge is 2.19. The third-order valence-corrected chi connectivity index (χ3v) is 3.09. The predicted octanol–water partition coefficient (Wildman–Crippen LogP) is 1.77. The summed E-state index contributed by atoms with van der Waals surface area (Å²) in [6.07, 6.45) is 5.26. The highest BCUT2D eigenvalue weighted by Crippen LogP contribution is 2.19. The molecular weight excluding hydrogens is 256 g/mol. The minimum absolute atomic E-state index is 0.624. The van der Waals surface area contributed by atoms with Crippen LogP contribution in [0, 0.1) is 0 Å². The molecule has 1 aliphatic carbocycles. The number of pyridine rings is 1. The van der Waals surface area contributed by atoms with Gasteiger partial charge in [-0.05, 0) is 24.5 Å². The minimum atomic E-state index is 0.624. The Hall–Kier alpha value is -1.17. The Morgan fingerprint density at radius 3 is 2.95 bits per heavy atom. The van der Waals surface area contributed by atoms with Gasteiger partial charge in [0, 0.05) is 45.0 Å². The molecule has 1 fully saturated rings. The molecule has 5 nitrogen and oxygen atoms in total. The van der Waals surface area contributed by atoms with E-state index in [-0.39, 0.29) is 0 Å². The maximum atomic E-state index is 5.63. The van der Waals surface area contributed by atoms with Gasteiger partial charge in [0.2, 0.25) is 5.88 Å². The van der Waals surface area contributed by atoms with E-state index < -0.39 is 0 Å². The lowest BCUT2D eigenvalue weighted by molar-refractivity contribution is 0.0642. The smallest absolute Gasteiger partial charge is 0.213 e. The van der Waals surface area contributed by atoms with E-state index in [2.05, 4.69) is 10.3 Å². The Morgan fingerprint density at radius 2 is 2.15 bits per heavy atom. The fraction of sp³-hybridized carbons (Fsp3) is 0.667. The van der Waals surface area contributed by atoms with Gasteiger partial charge in [0.15, 0.2) is 0 Å². The first-order chi connectivity index (χ1) is 9.88. The van der Waals surface area contributed by atoms with Crippen molar-refractivity contribution >= 4 is 0 Å². The second-order valence-corrected chi connectivity index (χ2v) is 4.96. The normalized spacial score (nSPS) is 14.4. The van der Waals surface area contributed by atoms with Crippen LogP contribution in [-0.2, 0) is 16.0 Å². The van der Waals surface area contributed by atoms with Crippen LogP contribution in [0.2, 0.25) is 0 Å². The Bertz CT molecular complexity index is 383. The van der Waals surface area contributed by atoms with Gasteiger partial charge in [-0.15, -0.1) is 0 Å². The van der Waals surface area contributed by atoms with Crippen LogP contribution < -0.4 is 10.1 Å².